The minimum atomic E-state index is -4.76. The zero-order chi connectivity index (χ0) is 15.8. The molecule has 0 amide bonds. The standard InChI is InChI=1S/C14H15ClF3NO2/c1-9-2-3-10(11(15)6-9)7-19-5-4-13(8-19,12(20)21)14(16,17)18/h2-3,6H,4-5,7-8H2,1H3,(H,20,21). The van der Waals surface area contributed by atoms with Gasteiger partial charge in [0.05, 0.1) is 0 Å². The van der Waals surface area contributed by atoms with Crippen LogP contribution >= 0.6 is 11.6 Å². The van der Waals surface area contributed by atoms with Crippen LogP contribution < -0.4 is 0 Å². The zero-order valence-corrected chi connectivity index (χ0v) is 12.1. The van der Waals surface area contributed by atoms with Gasteiger partial charge in [-0.25, -0.2) is 0 Å². The van der Waals surface area contributed by atoms with Crippen LogP contribution in [0.1, 0.15) is 17.5 Å². The number of aryl methyl sites for hydroxylation is 1. The first-order chi connectivity index (χ1) is 9.65. The van der Waals surface area contributed by atoms with Crippen molar-refractivity contribution >= 4 is 17.6 Å². The largest absolute Gasteiger partial charge is 0.481 e. The molecule has 3 nitrogen and oxygen atoms in total. The molecule has 1 aliphatic heterocycles. The normalized spacial score (nSPS) is 23.5. The number of carboxylic acid groups (broad SMARTS) is 1. The van der Waals surface area contributed by atoms with Crippen molar-refractivity contribution in [1.82, 2.24) is 4.90 Å². The number of rotatable bonds is 3. The number of nitrogens with zero attached hydrogens (tertiary/aromatic N) is 1. The molecule has 0 saturated carbocycles. The molecule has 1 unspecified atom stereocenters. The van der Waals surface area contributed by atoms with Gasteiger partial charge in [-0.3, -0.25) is 9.69 Å². The van der Waals surface area contributed by atoms with Crippen molar-refractivity contribution in [3.63, 3.8) is 0 Å². The van der Waals surface area contributed by atoms with Crippen molar-refractivity contribution in [2.24, 2.45) is 5.41 Å². The lowest BCUT2D eigenvalue weighted by atomic mass is 9.86. The smallest absolute Gasteiger partial charge is 0.406 e. The van der Waals surface area contributed by atoms with E-state index in [1.807, 2.05) is 13.0 Å². The van der Waals surface area contributed by atoms with Crippen LogP contribution in [0.25, 0.3) is 0 Å². The van der Waals surface area contributed by atoms with E-state index in [0.29, 0.717) is 10.6 Å². The van der Waals surface area contributed by atoms with Crippen molar-refractivity contribution in [3.8, 4) is 0 Å². The highest BCUT2D eigenvalue weighted by Crippen LogP contribution is 2.46. The van der Waals surface area contributed by atoms with E-state index in [9.17, 15) is 18.0 Å². The predicted molar refractivity (Wildman–Crippen MR) is 72.2 cm³/mol. The van der Waals surface area contributed by atoms with Gasteiger partial charge in [-0.05, 0) is 30.5 Å². The van der Waals surface area contributed by atoms with Gasteiger partial charge < -0.3 is 5.11 Å². The van der Waals surface area contributed by atoms with Gasteiger partial charge in [0.15, 0.2) is 5.41 Å². The first-order valence-corrected chi connectivity index (χ1v) is 6.81. The van der Waals surface area contributed by atoms with Crippen LogP contribution in [0.2, 0.25) is 5.02 Å². The monoisotopic (exact) mass is 321 g/mol. The second-order valence-corrected chi connectivity index (χ2v) is 5.85. The zero-order valence-electron chi connectivity index (χ0n) is 11.4. The molecule has 0 bridgehead atoms. The molecule has 1 aromatic carbocycles. The predicted octanol–water partition coefficient (Wildman–Crippen LogP) is 3.49. The highest BCUT2D eigenvalue weighted by molar-refractivity contribution is 6.31. The van der Waals surface area contributed by atoms with E-state index < -0.39 is 30.5 Å². The maximum atomic E-state index is 13.1. The highest BCUT2D eigenvalue weighted by Gasteiger charge is 2.63. The van der Waals surface area contributed by atoms with Gasteiger partial charge in [-0.1, -0.05) is 23.7 Å². The molecule has 116 valence electrons. The Labute approximate surface area is 125 Å². The number of hydrogen-bond donors (Lipinski definition) is 1. The molecule has 2 rings (SSSR count). The topological polar surface area (TPSA) is 40.5 Å². The summed E-state index contributed by atoms with van der Waals surface area (Å²) in [5.74, 6) is -1.81. The van der Waals surface area contributed by atoms with Crippen LogP contribution in [-0.4, -0.2) is 35.2 Å². The lowest BCUT2D eigenvalue weighted by Crippen LogP contribution is -2.47. The van der Waals surface area contributed by atoms with Crippen LogP contribution in [0.4, 0.5) is 13.2 Å². The van der Waals surface area contributed by atoms with Gasteiger partial charge in [0.2, 0.25) is 0 Å². The first-order valence-electron chi connectivity index (χ1n) is 6.43. The number of carboxylic acids is 1. The van der Waals surface area contributed by atoms with Crippen molar-refractivity contribution in [2.75, 3.05) is 13.1 Å². The van der Waals surface area contributed by atoms with E-state index in [1.54, 1.807) is 12.1 Å². The maximum Gasteiger partial charge on any atom is 0.406 e. The van der Waals surface area contributed by atoms with Gasteiger partial charge in [-0.15, -0.1) is 0 Å². The summed E-state index contributed by atoms with van der Waals surface area (Å²) < 4.78 is 39.2. The average Bonchev–Trinajstić information content (AvgIpc) is 2.77. The number of halogens is 4. The number of alkyl halides is 3. The number of aliphatic carboxylic acids is 1. The summed E-state index contributed by atoms with van der Waals surface area (Å²) in [6.45, 7) is 1.61. The summed E-state index contributed by atoms with van der Waals surface area (Å²) in [6.07, 6.45) is -5.19. The summed E-state index contributed by atoms with van der Waals surface area (Å²) in [7, 11) is 0. The third-order valence-corrected chi connectivity index (χ3v) is 4.25. The molecule has 0 aliphatic carbocycles. The summed E-state index contributed by atoms with van der Waals surface area (Å²) >= 11 is 6.07. The Hall–Kier alpha value is -1.27. The third-order valence-electron chi connectivity index (χ3n) is 3.90. The fourth-order valence-corrected chi connectivity index (χ4v) is 2.87. The van der Waals surface area contributed by atoms with Gasteiger partial charge in [-0.2, -0.15) is 13.2 Å². The van der Waals surface area contributed by atoms with Crippen molar-refractivity contribution < 1.29 is 23.1 Å². The lowest BCUT2D eigenvalue weighted by molar-refractivity contribution is -0.227. The van der Waals surface area contributed by atoms with Crippen molar-refractivity contribution in [3.05, 3.63) is 34.3 Å². The van der Waals surface area contributed by atoms with E-state index in [4.69, 9.17) is 16.7 Å². The average molecular weight is 322 g/mol. The molecule has 0 aromatic heterocycles. The second kappa shape index (κ2) is 5.50. The molecular weight excluding hydrogens is 307 g/mol. The minimum absolute atomic E-state index is 0.0794. The fraction of sp³-hybridized carbons (Fsp3) is 0.500. The van der Waals surface area contributed by atoms with E-state index >= 15 is 0 Å². The van der Waals surface area contributed by atoms with Gasteiger partial charge in [0, 0.05) is 24.7 Å². The fourth-order valence-electron chi connectivity index (χ4n) is 2.57. The first kappa shape index (κ1) is 16.1. The number of carbonyl (C=O) groups is 1. The highest BCUT2D eigenvalue weighted by atomic mass is 35.5. The van der Waals surface area contributed by atoms with Crippen molar-refractivity contribution in [1.29, 1.82) is 0 Å². The van der Waals surface area contributed by atoms with E-state index in [-0.39, 0.29) is 13.1 Å². The Kier molecular flexibility index (Phi) is 4.22. The van der Waals surface area contributed by atoms with Gasteiger partial charge in [0.25, 0.3) is 0 Å². The molecule has 1 aromatic rings. The van der Waals surface area contributed by atoms with E-state index in [2.05, 4.69) is 0 Å². The quantitative estimate of drug-likeness (QED) is 0.926. The molecule has 0 spiro atoms. The summed E-state index contributed by atoms with van der Waals surface area (Å²) in [6, 6.07) is 5.32. The van der Waals surface area contributed by atoms with Crippen LogP contribution in [0.3, 0.4) is 0 Å². The minimum Gasteiger partial charge on any atom is -0.481 e. The van der Waals surface area contributed by atoms with Crippen LogP contribution in [0.5, 0.6) is 0 Å². The van der Waals surface area contributed by atoms with Gasteiger partial charge >= 0.3 is 12.1 Å². The Morgan fingerprint density at radius 3 is 2.62 bits per heavy atom. The van der Waals surface area contributed by atoms with Crippen LogP contribution in [-0.2, 0) is 11.3 Å². The van der Waals surface area contributed by atoms with Crippen LogP contribution in [0.15, 0.2) is 18.2 Å². The number of hydrogen-bond acceptors (Lipinski definition) is 2. The summed E-state index contributed by atoms with van der Waals surface area (Å²) in [5.41, 5.74) is -1.02. The number of likely N-dealkylation sites (tertiary alicyclic amines) is 1. The molecular formula is C14H15ClF3NO2. The Balaban J connectivity index is 2.17. The Bertz CT molecular complexity index is 562. The van der Waals surface area contributed by atoms with Crippen LogP contribution in [0, 0.1) is 12.3 Å². The molecule has 1 atom stereocenters. The molecule has 1 saturated heterocycles. The molecule has 21 heavy (non-hydrogen) atoms. The molecule has 1 aliphatic rings. The van der Waals surface area contributed by atoms with E-state index in [1.165, 1.54) is 4.90 Å². The van der Waals surface area contributed by atoms with E-state index in [0.717, 1.165) is 5.56 Å². The SMILES string of the molecule is Cc1ccc(CN2CCC(C(=O)O)(C(F)(F)F)C2)c(Cl)c1. The molecule has 7 heteroatoms. The van der Waals surface area contributed by atoms with Gasteiger partial charge in [0.1, 0.15) is 0 Å². The molecule has 0 radical (unpaired) electrons. The van der Waals surface area contributed by atoms with Crippen molar-refractivity contribution in [2.45, 2.75) is 26.1 Å². The third kappa shape index (κ3) is 3.01. The summed E-state index contributed by atoms with van der Waals surface area (Å²) in [4.78, 5) is 12.6. The molecule has 1 fully saturated rings. The Morgan fingerprint density at radius 2 is 2.14 bits per heavy atom. The maximum absolute atomic E-state index is 13.1. The molecule has 1 heterocycles. The lowest BCUT2D eigenvalue weighted by Gasteiger charge is -2.27. The second-order valence-electron chi connectivity index (χ2n) is 5.44. The Morgan fingerprint density at radius 1 is 1.48 bits per heavy atom. The summed E-state index contributed by atoms with van der Waals surface area (Å²) in [5, 5.41) is 9.48. The number of benzene rings is 1. The molecule has 1 N–H and O–H groups in total.